The summed E-state index contributed by atoms with van der Waals surface area (Å²) in [7, 11) is 4.02. The molecule has 0 aliphatic carbocycles. The van der Waals surface area contributed by atoms with E-state index in [0.29, 0.717) is 74.5 Å². The number of carbonyl (C=O) groups is 2. The second-order valence-corrected chi connectivity index (χ2v) is 11.7. The van der Waals surface area contributed by atoms with E-state index < -0.39 is 0 Å². The van der Waals surface area contributed by atoms with Crippen molar-refractivity contribution in [1.82, 2.24) is 29.7 Å². The van der Waals surface area contributed by atoms with Gasteiger partial charge in [0.25, 0.3) is 0 Å². The number of carbonyl (C=O) groups excluding carboxylic acids is 2. The maximum Gasteiger partial charge on any atom is 0.163 e. The normalized spacial score (nSPS) is 14.1. The van der Waals surface area contributed by atoms with Crippen LogP contribution in [0.3, 0.4) is 0 Å². The van der Waals surface area contributed by atoms with E-state index in [-0.39, 0.29) is 11.6 Å². The molecule has 4 aromatic rings. The molecular formula is C35H41N7O2. The van der Waals surface area contributed by atoms with Crippen molar-refractivity contribution >= 4 is 11.6 Å². The third-order valence-corrected chi connectivity index (χ3v) is 7.63. The fourth-order valence-electron chi connectivity index (χ4n) is 5.45. The van der Waals surface area contributed by atoms with Crippen LogP contribution in [0.25, 0.3) is 22.8 Å². The van der Waals surface area contributed by atoms with Gasteiger partial charge in [-0.2, -0.15) is 0 Å². The molecule has 0 saturated heterocycles. The van der Waals surface area contributed by atoms with Crippen LogP contribution in [0.2, 0.25) is 0 Å². The molecule has 9 nitrogen and oxygen atoms in total. The van der Waals surface area contributed by atoms with Gasteiger partial charge in [-0.25, -0.2) is 19.9 Å². The highest BCUT2D eigenvalue weighted by molar-refractivity contribution is 5.98. The third-order valence-electron chi connectivity index (χ3n) is 7.63. The number of hydrogen-bond acceptors (Lipinski definition) is 9. The molecule has 0 radical (unpaired) electrons. The Hall–Kier alpha value is -4.18. The number of hydrogen-bond donors (Lipinski definition) is 1. The van der Waals surface area contributed by atoms with Crippen molar-refractivity contribution in [3.8, 4) is 22.8 Å². The molecule has 1 aliphatic rings. The molecule has 9 heteroatoms. The lowest BCUT2D eigenvalue weighted by Gasteiger charge is -2.19. The standard InChI is InChI=1S/C35H41N7O2/c1-4-5-13-34(43)24-16-28-22-41(2)20-26-9-6-11-30(37-26)31-12-7-10-27(38-31)21-42(3)23-29-17-25(35(44)14-8-15-36)19-33(40-29)32(18-24)39-28/h6-7,9-12,16-19H,4-5,8,13-15,20-23,36H2,1-3H3. The molecule has 0 aromatic carbocycles. The summed E-state index contributed by atoms with van der Waals surface area (Å²) in [4.78, 5) is 50.5. The molecular weight excluding hydrogens is 550 g/mol. The van der Waals surface area contributed by atoms with Gasteiger partial charge in [-0.05, 0) is 82.0 Å². The highest BCUT2D eigenvalue weighted by Crippen LogP contribution is 2.24. The lowest BCUT2D eigenvalue weighted by Crippen LogP contribution is -2.20. The van der Waals surface area contributed by atoms with Crippen molar-refractivity contribution in [1.29, 1.82) is 0 Å². The summed E-state index contributed by atoms with van der Waals surface area (Å²) >= 11 is 0. The van der Waals surface area contributed by atoms with Gasteiger partial charge >= 0.3 is 0 Å². The van der Waals surface area contributed by atoms with Gasteiger partial charge in [0.1, 0.15) is 0 Å². The van der Waals surface area contributed by atoms with E-state index in [9.17, 15) is 9.59 Å². The number of unbranched alkanes of at least 4 members (excludes halogenated alkanes) is 1. The molecule has 228 valence electrons. The van der Waals surface area contributed by atoms with E-state index in [1.54, 1.807) is 6.07 Å². The van der Waals surface area contributed by atoms with E-state index in [2.05, 4.69) is 16.7 Å². The van der Waals surface area contributed by atoms with Gasteiger partial charge in [0.05, 0.1) is 45.6 Å². The average molecular weight is 592 g/mol. The van der Waals surface area contributed by atoms with Crippen molar-refractivity contribution in [2.75, 3.05) is 20.6 Å². The Balaban J connectivity index is 1.62. The van der Waals surface area contributed by atoms with E-state index in [1.807, 2.05) is 68.7 Å². The zero-order chi connectivity index (χ0) is 31.1. The molecule has 8 bridgehead atoms. The smallest absolute Gasteiger partial charge is 0.163 e. The zero-order valence-corrected chi connectivity index (χ0v) is 25.9. The second kappa shape index (κ2) is 14.5. The first-order valence-electron chi connectivity index (χ1n) is 15.4. The maximum atomic E-state index is 13.3. The fourth-order valence-corrected chi connectivity index (χ4v) is 5.45. The largest absolute Gasteiger partial charge is 0.330 e. The summed E-state index contributed by atoms with van der Waals surface area (Å²) in [6.07, 6.45) is 3.21. The van der Waals surface area contributed by atoms with E-state index in [1.165, 1.54) is 0 Å². The van der Waals surface area contributed by atoms with Crippen molar-refractivity contribution in [3.05, 3.63) is 94.6 Å². The molecule has 2 N–H and O–H groups in total. The number of Topliss-reactive ketones (excluding diaryl/α,β-unsaturated/α-hetero) is 2. The first-order valence-corrected chi connectivity index (χ1v) is 15.4. The highest BCUT2D eigenvalue weighted by atomic mass is 16.1. The number of pyridine rings is 4. The Labute approximate surface area is 259 Å². The van der Waals surface area contributed by atoms with Gasteiger partial charge in [0.15, 0.2) is 11.6 Å². The number of nitrogens with two attached hydrogens (primary N) is 1. The Morgan fingerprint density at radius 2 is 1.07 bits per heavy atom. The molecule has 0 unspecified atom stereocenters. The van der Waals surface area contributed by atoms with E-state index >= 15 is 0 Å². The minimum absolute atomic E-state index is 0.0169. The lowest BCUT2D eigenvalue weighted by molar-refractivity contribution is 0.0972. The topological polar surface area (TPSA) is 118 Å². The molecule has 0 saturated carbocycles. The van der Waals surface area contributed by atoms with Crippen molar-refractivity contribution in [2.24, 2.45) is 5.73 Å². The Kier molecular flexibility index (Phi) is 10.3. The average Bonchev–Trinajstić information content (AvgIpc) is 3.01. The molecule has 0 spiro atoms. The van der Waals surface area contributed by atoms with Gasteiger partial charge in [-0.1, -0.05) is 25.5 Å². The Bertz CT molecular complexity index is 1520. The summed E-state index contributed by atoms with van der Waals surface area (Å²) < 4.78 is 0. The van der Waals surface area contributed by atoms with Crippen LogP contribution in [-0.4, -0.2) is 61.9 Å². The first kappa shape index (κ1) is 31.3. The van der Waals surface area contributed by atoms with Crippen LogP contribution in [0.15, 0.2) is 60.7 Å². The zero-order valence-electron chi connectivity index (χ0n) is 25.9. The van der Waals surface area contributed by atoms with Gasteiger partial charge in [0.2, 0.25) is 0 Å². The van der Waals surface area contributed by atoms with E-state index in [4.69, 9.17) is 25.7 Å². The van der Waals surface area contributed by atoms with Crippen molar-refractivity contribution < 1.29 is 9.59 Å². The van der Waals surface area contributed by atoms with E-state index in [0.717, 1.165) is 47.0 Å². The van der Waals surface area contributed by atoms with Crippen LogP contribution in [0.1, 0.15) is 82.5 Å². The summed E-state index contributed by atoms with van der Waals surface area (Å²) in [5.41, 5.74) is 13.0. The van der Waals surface area contributed by atoms with Crippen LogP contribution in [0, 0.1) is 0 Å². The van der Waals surface area contributed by atoms with Crippen LogP contribution in [0.5, 0.6) is 0 Å². The number of aromatic nitrogens is 4. The molecule has 5 heterocycles. The first-order chi connectivity index (χ1) is 21.3. The number of fused-ring (bicyclic) bond motifs is 10. The molecule has 1 aliphatic heterocycles. The van der Waals surface area contributed by atoms with Crippen LogP contribution in [0.4, 0.5) is 0 Å². The molecule has 0 atom stereocenters. The van der Waals surface area contributed by atoms with Crippen LogP contribution < -0.4 is 5.73 Å². The highest BCUT2D eigenvalue weighted by Gasteiger charge is 2.18. The number of rotatable bonds is 8. The van der Waals surface area contributed by atoms with Crippen LogP contribution in [-0.2, 0) is 26.2 Å². The molecule has 44 heavy (non-hydrogen) atoms. The number of ketones is 2. The predicted molar refractivity (Wildman–Crippen MR) is 172 cm³/mol. The third kappa shape index (κ3) is 8.05. The number of nitrogens with zero attached hydrogens (tertiary/aromatic N) is 6. The molecule has 5 rings (SSSR count). The predicted octanol–water partition coefficient (Wildman–Crippen LogP) is 5.47. The van der Waals surface area contributed by atoms with Gasteiger partial charge in [-0.15, -0.1) is 0 Å². The molecule has 0 fully saturated rings. The summed E-state index contributed by atoms with van der Waals surface area (Å²) in [5.74, 6) is 0.1000. The lowest BCUT2D eigenvalue weighted by atomic mass is 10.0. The monoisotopic (exact) mass is 591 g/mol. The summed E-state index contributed by atoms with van der Waals surface area (Å²) in [6, 6.07) is 19.4. The second-order valence-electron chi connectivity index (χ2n) is 11.7. The summed E-state index contributed by atoms with van der Waals surface area (Å²) in [5, 5.41) is 0. The molecule has 0 amide bonds. The minimum Gasteiger partial charge on any atom is -0.330 e. The summed E-state index contributed by atoms with van der Waals surface area (Å²) in [6.45, 7) is 4.71. The van der Waals surface area contributed by atoms with Crippen molar-refractivity contribution in [2.45, 2.75) is 65.2 Å². The van der Waals surface area contributed by atoms with Crippen molar-refractivity contribution in [3.63, 3.8) is 0 Å². The van der Waals surface area contributed by atoms with Gasteiger partial charge in [-0.3, -0.25) is 19.4 Å². The quantitative estimate of drug-likeness (QED) is 0.266. The fraction of sp³-hybridized carbons (Fsp3) is 0.371. The maximum absolute atomic E-state index is 13.3. The Morgan fingerprint density at radius 1 is 0.636 bits per heavy atom. The Morgan fingerprint density at radius 3 is 1.52 bits per heavy atom. The van der Waals surface area contributed by atoms with Crippen LogP contribution >= 0.6 is 0 Å². The van der Waals surface area contributed by atoms with Gasteiger partial charge < -0.3 is 5.73 Å². The minimum atomic E-state index is 0.0169. The van der Waals surface area contributed by atoms with Gasteiger partial charge in [0, 0.05) is 50.1 Å². The molecule has 4 aromatic heterocycles. The SMILES string of the molecule is CCCCC(=O)c1cc2nc(c1)-c1cc(C(=O)CCCN)cc(n1)CN(C)Cc1cccc(n1)-c1cccc(n1)CN(C)C2.